The van der Waals surface area contributed by atoms with Gasteiger partial charge < -0.3 is 5.11 Å². The van der Waals surface area contributed by atoms with Gasteiger partial charge in [0.2, 0.25) is 0 Å². The number of hydrogen-bond donors (Lipinski definition) is 2. The molecule has 58 valence electrons. The van der Waals surface area contributed by atoms with Gasteiger partial charge >= 0.3 is 5.97 Å². The van der Waals surface area contributed by atoms with Crippen LogP contribution in [0.1, 0.15) is 6.42 Å². The fraction of sp³-hybridized carbons (Fsp3) is 0.833. The molecular formula is C6H10O2S2. The van der Waals surface area contributed by atoms with Crippen molar-refractivity contribution in [2.45, 2.75) is 11.7 Å². The molecule has 0 aromatic carbocycles. The zero-order valence-electron chi connectivity index (χ0n) is 5.49. The fourth-order valence-corrected chi connectivity index (χ4v) is 2.73. The van der Waals surface area contributed by atoms with E-state index in [4.69, 9.17) is 5.11 Å². The molecule has 2 unspecified atom stereocenters. The maximum atomic E-state index is 10.4. The van der Waals surface area contributed by atoms with Gasteiger partial charge in [-0.3, -0.25) is 4.79 Å². The molecule has 0 radical (unpaired) electrons. The minimum atomic E-state index is -0.656. The van der Waals surface area contributed by atoms with E-state index in [0.717, 1.165) is 17.9 Å². The summed E-state index contributed by atoms with van der Waals surface area (Å²) in [5, 5.41) is 9.05. The second-order valence-corrected chi connectivity index (χ2v) is 4.11. The van der Waals surface area contributed by atoms with E-state index < -0.39 is 5.97 Å². The number of carboxylic acid groups (broad SMARTS) is 1. The van der Waals surface area contributed by atoms with E-state index in [1.807, 2.05) is 0 Å². The first kappa shape index (κ1) is 8.27. The lowest BCUT2D eigenvalue weighted by Crippen LogP contribution is -2.13. The summed E-state index contributed by atoms with van der Waals surface area (Å²) < 4.78 is 0. The van der Waals surface area contributed by atoms with Gasteiger partial charge in [-0.05, 0) is 6.42 Å². The predicted octanol–water partition coefficient (Wildman–Crippen LogP) is 1.12. The van der Waals surface area contributed by atoms with E-state index in [-0.39, 0.29) is 5.92 Å². The van der Waals surface area contributed by atoms with Crippen LogP contribution in [0.15, 0.2) is 0 Å². The van der Waals surface area contributed by atoms with Crippen LogP contribution in [0.5, 0.6) is 0 Å². The lowest BCUT2D eigenvalue weighted by Gasteiger charge is -2.01. The van der Waals surface area contributed by atoms with E-state index >= 15 is 0 Å². The standard InChI is InChI=1S/C6H10O2S2/c7-6(8)4-1-5(2-9)10-3-4/h4-5,9H,1-3H2,(H,7,8). The highest BCUT2D eigenvalue weighted by molar-refractivity contribution is 8.00. The molecule has 0 aromatic heterocycles. The lowest BCUT2D eigenvalue weighted by molar-refractivity contribution is -0.140. The number of hydrogen-bond acceptors (Lipinski definition) is 3. The van der Waals surface area contributed by atoms with Crippen molar-refractivity contribution in [1.29, 1.82) is 0 Å². The Balaban J connectivity index is 2.35. The van der Waals surface area contributed by atoms with Gasteiger partial charge in [-0.2, -0.15) is 24.4 Å². The van der Waals surface area contributed by atoms with Crippen LogP contribution < -0.4 is 0 Å². The number of aliphatic carboxylic acids is 1. The maximum absolute atomic E-state index is 10.4. The summed E-state index contributed by atoms with van der Waals surface area (Å²) in [6.07, 6.45) is 0.795. The van der Waals surface area contributed by atoms with Gasteiger partial charge in [0.15, 0.2) is 0 Å². The second-order valence-electron chi connectivity index (χ2n) is 2.41. The van der Waals surface area contributed by atoms with E-state index in [0.29, 0.717) is 5.25 Å². The molecule has 1 aliphatic heterocycles. The molecule has 4 heteroatoms. The van der Waals surface area contributed by atoms with Crippen LogP contribution in [0.3, 0.4) is 0 Å². The summed E-state index contributed by atoms with van der Waals surface area (Å²) >= 11 is 5.83. The van der Waals surface area contributed by atoms with E-state index in [1.54, 1.807) is 11.8 Å². The number of rotatable bonds is 2. The predicted molar refractivity (Wildman–Crippen MR) is 45.8 cm³/mol. The topological polar surface area (TPSA) is 37.3 Å². The number of thiol groups is 1. The maximum Gasteiger partial charge on any atom is 0.307 e. The van der Waals surface area contributed by atoms with Crippen LogP contribution in [0.4, 0.5) is 0 Å². The van der Waals surface area contributed by atoms with Gasteiger partial charge in [0.25, 0.3) is 0 Å². The Morgan fingerprint density at radius 3 is 2.80 bits per heavy atom. The Hall–Kier alpha value is 0.170. The summed E-state index contributed by atoms with van der Waals surface area (Å²) in [6.45, 7) is 0. The molecule has 2 nitrogen and oxygen atoms in total. The first-order valence-corrected chi connectivity index (χ1v) is 4.87. The monoisotopic (exact) mass is 178 g/mol. The Morgan fingerprint density at radius 2 is 2.50 bits per heavy atom. The van der Waals surface area contributed by atoms with Gasteiger partial charge in [-0.25, -0.2) is 0 Å². The normalized spacial score (nSPS) is 32.5. The number of carboxylic acids is 1. The molecule has 0 amide bonds. The van der Waals surface area contributed by atoms with Crippen molar-refractivity contribution in [1.82, 2.24) is 0 Å². The van der Waals surface area contributed by atoms with Crippen LogP contribution in [-0.2, 0) is 4.79 Å². The summed E-state index contributed by atoms with van der Waals surface area (Å²) in [7, 11) is 0. The van der Waals surface area contributed by atoms with Crippen molar-refractivity contribution in [3.63, 3.8) is 0 Å². The summed E-state index contributed by atoms with van der Waals surface area (Å²) in [6, 6.07) is 0. The summed E-state index contributed by atoms with van der Waals surface area (Å²) in [4.78, 5) is 10.4. The average Bonchev–Trinajstić information content (AvgIpc) is 2.34. The molecule has 10 heavy (non-hydrogen) atoms. The Kier molecular flexibility index (Phi) is 2.92. The molecule has 1 rings (SSSR count). The first-order valence-electron chi connectivity index (χ1n) is 3.19. The second kappa shape index (κ2) is 3.53. The summed E-state index contributed by atoms with van der Waals surface area (Å²) in [5.74, 6) is 0.786. The quantitative estimate of drug-likeness (QED) is 0.622. The number of thioether (sulfide) groups is 1. The van der Waals surface area contributed by atoms with Crippen molar-refractivity contribution in [3.8, 4) is 0 Å². The molecule has 0 aliphatic carbocycles. The van der Waals surface area contributed by atoms with E-state index in [2.05, 4.69) is 12.6 Å². The van der Waals surface area contributed by atoms with Crippen LogP contribution in [-0.4, -0.2) is 27.8 Å². The summed E-state index contributed by atoms with van der Waals surface area (Å²) in [5.41, 5.74) is 0. The SMILES string of the molecule is O=C(O)C1CSC(CS)C1. The average molecular weight is 178 g/mol. The van der Waals surface area contributed by atoms with Crippen molar-refractivity contribution < 1.29 is 9.90 Å². The third kappa shape index (κ3) is 1.83. The molecular weight excluding hydrogens is 168 g/mol. The van der Waals surface area contributed by atoms with Crippen molar-refractivity contribution in [2.24, 2.45) is 5.92 Å². The molecule has 0 saturated carbocycles. The van der Waals surface area contributed by atoms with Crippen molar-refractivity contribution in [3.05, 3.63) is 0 Å². The highest BCUT2D eigenvalue weighted by atomic mass is 32.2. The van der Waals surface area contributed by atoms with Crippen LogP contribution in [0.25, 0.3) is 0 Å². The molecule has 0 bridgehead atoms. The van der Waals surface area contributed by atoms with Crippen molar-refractivity contribution in [2.75, 3.05) is 11.5 Å². The molecule has 1 N–H and O–H groups in total. The molecule has 1 fully saturated rings. The smallest absolute Gasteiger partial charge is 0.307 e. The third-order valence-electron chi connectivity index (χ3n) is 1.63. The molecule has 0 spiro atoms. The largest absolute Gasteiger partial charge is 0.481 e. The van der Waals surface area contributed by atoms with Crippen LogP contribution in [0.2, 0.25) is 0 Å². The van der Waals surface area contributed by atoms with Gasteiger partial charge in [0.05, 0.1) is 5.92 Å². The molecule has 1 heterocycles. The molecule has 1 saturated heterocycles. The molecule has 2 atom stereocenters. The minimum Gasteiger partial charge on any atom is -0.481 e. The Morgan fingerprint density at radius 1 is 1.80 bits per heavy atom. The van der Waals surface area contributed by atoms with Gasteiger partial charge in [-0.15, -0.1) is 0 Å². The zero-order valence-corrected chi connectivity index (χ0v) is 7.20. The minimum absolute atomic E-state index is 0.123. The van der Waals surface area contributed by atoms with Crippen molar-refractivity contribution >= 4 is 30.4 Å². The Labute approximate surface area is 69.8 Å². The molecule has 1 aliphatic rings. The zero-order chi connectivity index (χ0) is 7.56. The van der Waals surface area contributed by atoms with Crippen LogP contribution in [0, 0.1) is 5.92 Å². The highest BCUT2D eigenvalue weighted by Gasteiger charge is 2.29. The van der Waals surface area contributed by atoms with Crippen LogP contribution >= 0.6 is 24.4 Å². The van der Waals surface area contributed by atoms with Gasteiger partial charge in [-0.1, -0.05) is 0 Å². The highest BCUT2D eigenvalue weighted by Crippen LogP contribution is 2.31. The Bertz CT molecular complexity index is 138. The molecule has 0 aromatic rings. The third-order valence-corrected chi connectivity index (χ3v) is 3.75. The first-order chi connectivity index (χ1) is 4.74. The number of carbonyl (C=O) groups is 1. The van der Waals surface area contributed by atoms with E-state index in [9.17, 15) is 4.79 Å². The van der Waals surface area contributed by atoms with E-state index in [1.165, 1.54) is 0 Å². The fourth-order valence-electron chi connectivity index (χ4n) is 1.01. The lowest BCUT2D eigenvalue weighted by atomic mass is 10.1. The van der Waals surface area contributed by atoms with Gasteiger partial charge in [0, 0.05) is 16.8 Å². The van der Waals surface area contributed by atoms with Gasteiger partial charge in [0.1, 0.15) is 0 Å².